The van der Waals surface area contributed by atoms with Crippen molar-refractivity contribution in [3.05, 3.63) is 85.1 Å². The summed E-state index contributed by atoms with van der Waals surface area (Å²) in [6.07, 6.45) is 61.0. The topological polar surface area (TPSA) is 175 Å². The molecule has 3 N–H and O–H groups in total. The monoisotopic (exact) mass is 1140 g/mol. The zero-order valence-corrected chi connectivity index (χ0v) is 51.3. The van der Waals surface area contributed by atoms with Crippen LogP contribution in [0.5, 0.6) is 0 Å². The Morgan fingerprint density at radius 2 is 0.778 bits per heavy atom. The van der Waals surface area contributed by atoms with E-state index >= 15 is 0 Å². The quantitative estimate of drug-likeness (QED) is 0.0228. The number of carboxylic acids is 1. The molecule has 6 unspecified atom stereocenters. The number of unbranched alkanes of at least 4 members (excludes halogenated alkanes) is 27. The van der Waals surface area contributed by atoms with E-state index in [9.17, 15) is 34.5 Å². The number of aliphatic hydroxyl groups excluding tert-OH is 2. The molecule has 0 saturated carbocycles. The van der Waals surface area contributed by atoms with E-state index in [1.54, 1.807) is 0 Å². The predicted molar refractivity (Wildman–Crippen MR) is 331 cm³/mol. The second-order valence-corrected chi connectivity index (χ2v) is 22.0. The van der Waals surface area contributed by atoms with E-state index in [0.29, 0.717) is 19.3 Å². The lowest BCUT2D eigenvalue weighted by Gasteiger charge is -2.40. The van der Waals surface area contributed by atoms with Crippen molar-refractivity contribution in [1.82, 2.24) is 0 Å². The van der Waals surface area contributed by atoms with Crippen molar-refractivity contribution in [2.75, 3.05) is 13.2 Å². The number of ether oxygens (including phenoxy) is 5. The van der Waals surface area contributed by atoms with Gasteiger partial charge in [0.05, 0.1) is 6.61 Å². The van der Waals surface area contributed by atoms with E-state index < -0.39 is 67.3 Å². The molecule has 0 radical (unpaired) electrons. The Morgan fingerprint density at radius 1 is 0.420 bits per heavy atom. The van der Waals surface area contributed by atoms with Crippen LogP contribution < -0.4 is 0 Å². The normalized spacial score (nSPS) is 18.3. The second-order valence-electron chi connectivity index (χ2n) is 22.0. The van der Waals surface area contributed by atoms with Crippen molar-refractivity contribution in [2.45, 2.75) is 314 Å². The van der Waals surface area contributed by atoms with Crippen molar-refractivity contribution in [2.24, 2.45) is 0 Å². The molecule has 12 heteroatoms. The highest BCUT2D eigenvalue weighted by Crippen LogP contribution is 2.27. The van der Waals surface area contributed by atoms with Gasteiger partial charge in [0, 0.05) is 19.3 Å². The van der Waals surface area contributed by atoms with E-state index in [1.165, 1.54) is 64.2 Å². The summed E-state index contributed by atoms with van der Waals surface area (Å²) in [6, 6.07) is 0. The number of carbonyl (C=O) groups is 4. The van der Waals surface area contributed by atoms with E-state index in [2.05, 4.69) is 106 Å². The van der Waals surface area contributed by atoms with Gasteiger partial charge in [-0.05, 0) is 116 Å². The lowest BCUT2D eigenvalue weighted by atomic mass is 9.98. The lowest BCUT2D eigenvalue weighted by Crippen LogP contribution is -2.61. The number of carboxylic acid groups (broad SMARTS) is 1. The van der Waals surface area contributed by atoms with Crippen molar-refractivity contribution in [3.63, 3.8) is 0 Å². The van der Waals surface area contributed by atoms with Crippen molar-refractivity contribution in [1.29, 1.82) is 0 Å². The summed E-state index contributed by atoms with van der Waals surface area (Å²) in [7, 11) is 0. The molecule has 1 heterocycles. The van der Waals surface area contributed by atoms with Gasteiger partial charge in [-0.2, -0.15) is 0 Å². The molecular weight excluding hydrogens is 1020 g/mol. The van der Waals surface area contributed by atoms with Crippen LogP contribution in [0.4, 0.5) is 0 Å². The fourth-order valence-electron chi connectivity index (χ4n) is 9.44. The fraction of sp³-hybridized carbons (Fsp3) is 0.739. The summed E-state index contributed by atoms with van der Waals surface area (Å²) in [6.45, 7) is 5.85. The van der Waals surface area contributed by atoms with Gasteiger partial charge in [0.15, 0.2) is 24.6 Å². The fourth-order valence-corrected chi connectivity index (χ4v) is 9.44. The van der Waals surface area contributed by atoms with Crippen LogP contribution in [0.3, 0.4) is 0 Å². The Morgan fingerprint density at radius 3 is 1.22 bits per heavy atom. The average Bonchev–Trinajstić information content (AvgIpc) is 3.53. The van der Waals surface area contributed by atoms with Gasteiger partial charge in [-0.15, -0.1) is 0 Å². The molecule has 1 aliphatic heterocycles. The van der Waals surface area contributed by atoms with E-state index in [0.717, 1.165) is 154 Å². The van der Waals surface area contributed by atoms with E-state index in [1.807, 2.05) is 0 Å². The zero-order valence-electron chi connectivity index (χ0n) is 51.3. The molecule has 1 rings (SSSR count). The van der Waals surface area contributed by atoms with Gasteiger partial charge >= 0.3 is 23.9 Å². The molecule has 0 amide bonds. The second kappa shape index (κ2) is 56.4. The number of hydrogen-bond acceptors (Lipinski definition) is 11. The lowest BCUT2D eigenvalue weighted by molar-refractivity contribution is -0.301. The molecule has 1 saturated heterocycles. The zero-order chi connectivity index (χ0) is 58.9. The SMILES string of the molecule is CC/C=C\C/C=C\C/C=C\CCCCCCCCCC(=O)OC1C(OCC(COC(=O)CCCCCCCC/C=C\C/C=C\C/C=C\CCCCC)OC(=O)CCCCCCC/C=C\CCCCCCCC)OC(C(=O)O)C(O)C1O. The van der Waals surface area contributed by atoms with Gasteiger partial charge in [-0.25, -0.2) is 4.79 Å². The Hall–Kier alpha value is -4.10. The maximum atomic E-state index is 13.2. The molecule has 81 heavy (non-hydrogen) atoms. The molecule has 0 aromatic carbocycles. The van der Waals surface area contributed by atoms with Gasteiger partial charge in [0.25, 0.3) is 0 Å². The van der Waals surface area contributed by atoms with Crippen molar-refractivity contribution in [3.8, 4) is 0 Å². The van der Waals surface area contributed by atoms with Crippen LogP contribution in [-0.2, 0) is 42.9 Å². The maximum Gasteiger partial charge on any atom is 0.335 e. The molecular formula is C69H116O12. The van der Waals surface area contributed by atoms with Gasteiger partial charge in [-0.1, -0.05) is 228 Å². The number of aliphatic carboxylic acids is 1. The third-order valence-electron chi connectivity index (χ3n) is 14.4. The molecule has 1 fully saturated rings. The van der Waals surface area contributed by atoms with Crippen LogP contribution in [0.1, 0.15) is 278 Å². The Bertz CT molecular complexity index is 1730. The summed E-state index contributed by atoms with van der Waals surface area (Å²) in [5.74, 6) is -3.15. The first-order chi connectivity index (χ1) is 39.6. The summed E-state index contributed by atoms with van der Waals surface area (Å²) < 4.78 is 28.5. The number of allylic oxidation sites excluding steroid dienone is 14. The number of rotatable bonds is 55. The van der Waals surface area contributed by atoms with Crippen molar-refractivity contribution < 1.29 is 58.2 Å². The van der Waals surface area contributed by atoms with Crippen LogP contribution in [0.2, 0.25) is 0 Å². The molecule has 12 nitrogen and oxygen atoms in total. The first-order valence-corrected chi connectivity index (χ1v) is 32.6. The van der Waals surface area contributed by atoms with E-state index in [-0.39, 0.29) is 25.9 Å². The molecule has 0 aromatic rings. The maximum absolute atomic E-state index is 13.2. The molecule has 0 aromatic heterocycles. The molecule has 6 atom stereocenters. The van der Waals surface area contributed by atoms with Crippen LogP contribution in [0, 0.1) is 0 Å². The Balaban J connectivity index is 2.68. The molecule has 1 aliphatic rings. The van der Waals surface area contributed by atoms with Crippen LogP contribution in [0.25, 0.3) is 0 Å². The minimum atomic E-state index is -1.91. The van der Waals surface area contributed by atoms with Crippen LogP contribution >= 0.6 is 0 Å². The number of esters is 3. The Labute approximate surface area is 492 Å². The average molecular weight is 1140 g/mol. The van der Waals surface area contributed by atoms with Crippen molar-refractivity contribution >= 4 is 23.9 Å². The van der Waals surface area contributed by atoms with Crippen LogP contribution in [0.15, 0.2) is 85.1 Å². The predicted octanol–water partition coefficient (Wildman–Crippen LogP) is 17.5. The third kappa shape index (κ3) is 46.0. The van der Waals surface area contributed by atoms with E-state index in [4.69, 9.17) is 23.7 Å². The minimum absolute atomic E-state index is 0.0446. The van der Waals surface area contributed by atoms with Gasteiger partial charge in [0.1, 0.15) is 18.8 Å². The smallest absolute Gasteiger partial charge is 0.335 e. The standard InChI is InChI=1S/C69H116O12/c1-4-7-10-13-16-19-22-25-28-30-31-33-35-37-40-43-46-49-52-55-61(70)77-58-60(79-62(71)56-53-50-47-44-41-38-34-27-24-21-18-15-12-9-6-3)59-78-69-67(65(74)64(73)66(81-69)68(75)76)80-63(72)57-54-51-48-45-42-39-36-32-29-26-23-20-17-14-11-8-5-2/h8,11,16-17,19-20,25-29,31,33-34,60,64-67,69,73-74H,4-7,9-10,12-15,18,21-24,30,32,35-59H2,1-3H3,(H,75,76)/b11-8-,19-16-,20-17-,28-25-,29-26-,33-31-,34-27-. The first-order valence-electron chi connectivity index (χ1n) is 32.6. The van der Waals surface area contributed by atoms with Crippen LogP contribution in [-0.4, -0.2) is 89.2 Å². The summed E-state index contributed by atoms with van der Waals surface area (Å²) in [5, 5.41) is 31.6. The summed E-state index contributed by atoms with van der Waals surface area (Å²) >= 11 is 0. The minimum Gasteiger partial charge on any atom is -0.479 e. The molecule has 0 aliphatic carbocycles. The third-order valence-corrected chi connectivity index (χ3v) is 14.4. The summed E-state index contributed by atoms with van der Waals surface area (Å²) in [4.78, 5) is 51.3. The highest BCUT2D eigenvalue weighted by atomic mass is 16.7. The van der Waals surface area contributed by atoms with Gasteiger partial charge in [0.2, 0.25) is 0 Å². The number of hydrogen-bond donors (Lipinski definition) is 3. The first kappa shape index (κ1) is 74.9. The van der Waals surface area contributed by atoms with Gasteiger partial charge in [-0.3, -0.25) is 14.4 Å². The van der Waals surface area contributed by atoms with Gasteiger partial charge < -0.3 is 39.0 Å². The number of aliphatic hydroxyl groups is 2. The molecule has 464 valence electrons. The number of carbonyl (C=O) groups excluding carboxylic acids is 3. The Kier molecular flexibility index (Phi) is 52.1. The summed E-state index contributed by atoms with van der Waals surface area (Å²) in [5.41, 5.74) is 0. The largest absolute Gasteiger partial charge is 0.479 e. The molecule has 0 spiro atoms. The highest BCUT2D eigenvalue weighted by molar-refractivity contribution is 5.74. The highest BCUT2D eigenvalue weighted by Gasteiger charge is 2.50. The molecule has 0 bridgehead atoms.